The van der Waals surface area contributed by atoms with E-state index in [1.807, 2.05) is 0 Å². The molecule has 11 heavy (non-hydrogen) atoms. The van der Waals surface area contributed by atoms with Crippen LogP contribution < -0.4 is 0 Å². The Morgan fingerprint density at radius 3 is 2.91 bits per heavy atom. The first-order chi connectivity index (χ1) is 5.42. The predicted octanol–water partition coefficient (Wildman–Crippen LogP) is 2.59. The molecule has 1 aliphatic heterocycles. The summed E-state index contributed by atoms with van der Waals surface area (Å²) in [5.41, 5.74) is 0. The van der Waals surface area contributed by atoms with Gasteiger partial charge in [0.05, 0.1) is 12.7 Å². The van der Waals surface area contributed by atoms with Crippen molar-refractivity contribution in [3.63, 3.8) is 0 Å². The van der Waals surface area contributed by atoms with Gasteiger partial charge in [-0.1, -0.05) is 28.8 Å². The Balaban J connectivity index is 1.98. The Morgan fingerprint density at radius 2 is 2.09 bits per heavy atom. The van der Waals surface area contributed by atoms with Crippen molar-refractivity contribution in [1.82, 2.24) is 0 Å². The van der Waals surface area contributed by atoms with Gasteiger partial charge in [0.1, 0.15) is 0 Å². The van der Waals surface area contributed by atoms with Crippen LogP contribution in [0.1, 0.15) is 25.7 Å². The van der Waals surface area contributed by atoms with E-state index in [0.717, 1.165) is 23.8 Å². The van der Waals surface area contributed by atoms with Gasteiger partial charge < -0.3 is 4.74 Å². The summed E-state index contributed by atoms with van der Waals surface area (Å²) < 4.78 is 5.73. The van der Waals surface area contributed by atoms with Crippen LogP contribution in [-0.2, 0) is 4.74 Å². The summed E-state index contributed by atoms with van der Waals surface area (Å²) in [7, 11) is 0. The van der Waals surface area contributed by atoms with Crippen molar-refractivity contribution in [2.24, 2.45) is 11.8 Å². The summed E-state index contributed by atoms with van der Waals surface area (Å²) in [6, 6.07) is 0. The summed E-state index contributed by atoms with van der Waals surface area (Å²) in [5.74, 6) is 1.68. The van der Waals surface area contributed by atoms with Gasteiger partial charge in [-0.15, -0.1) is 0 Å². The highest BCUT2D eigenvalue weighted by Gasteiger charge is 2.37. The first-order valence-electron chi connectivity index (χ1n) is 4.59. The van der Waals surface area contributed by atoms with E-state index in [4.69, 9.17) is 4.74 Å². The van der Waals surface area contributed by atoms with Crippen molar-refractivity contribution in [2.45, 2.75) is 31.8 Å². The Bertz CT molecular complexity index is 132. The monoisotopic (exact) mass is 218 g/mol. The van der Waals surface area contributed by atoms with Gasteiger partial charge in [-0.3, -0.25) is 0 Å². The van der Waals surface area contributed by atoms with E-state index in [9.17, 15) is 0 Å². The standard InChI is InChI=1S/C9H15BrO/c10-5-7-6-11-9-4-2-1-3-8(7)9/h7-9H,1-6H2. The Hall–Kier alpha value is 0.440. The van der Waals surface area contributed by atoms with E-state index in [2.05, 4.69) is 15.9 Å². The zero-order valence-electron chi connectivity index (χ0n) is 6.76. The highest BCUT2D eigenvalue weighted by Crippen LogP contribution is 2.38. The lowest BCUT2D eigenvalue weighted by atomic mass is 9.81. The molecule has 1 nitrogen and oxygen atoms in total. The molecule has 3 unspecified atom stereocenters. The molecule has 64 valence electrons. The summed E-state index contributed by atoms with van der Waals surface area (Å²) >= 11 is 3.56. The fourth-order valence-electron chi connectivity index (χ4n) is 2.40. The van der Waals surface area contributed by atoms with Gasteiger partial charge in [0.25, 0.3) is 0 Å². The fraction of sp³-hybridized carbons (Fsp3) is 1.00. The van der Waals surface area contributed by atoms with Crippen LogP contribution >= 0.6 is 15.9 Å². The zero-order valence-corrected chi connectivity index (χ0v) is 8.35. The number of hydrogen-bond donors (Lipinski definition) is 0. The van der Waals surface area contributed by atoms with Crippen LogP contribution in [0.5, 0.6) is 0 Å². The van der Waals surface area contributed by atoms with Gasteiger partial charge in [0.15, 0.2) is 0 Å². The van der Waals surface area contributed by atoms with E-state index in [0.29, 0.717) is 6.10 Å². The van der Waals surface area contributed by atoms with E-state index >= 15 is 0 Å². The molecule has 0 aromatic carbocycles. The van der Waals surface area contributed by atoms with E-state index in [-0.39, 0.29) is 0 Å². The lowest BCUT2D eigenvalue weighted by Gasteiger charge is -2.26. The molecule has 0 amide bonds. The molecule has 0 aromatic heterocycles. The van der Waals surface area contributed by atoms with Crippen LogP contribution in [0.4, 0.5) is 0 Å². The quantitative estimate of drug-likeness (QED) is 0.616. The van der Waals surface area contributed by atoms with Crippen LogP contribution in [0.3, 0.4) is 0 Å². The minimum absolute atomic E-state index is 0.617. The molecule has 1 saturated heterocycles. The molecule has 0 radical (unpaired) electrons. The minimum atomic E-state index is 0.617. The SMILES string of the molecule is BrCC1COC2CCCCC12. The second-order valence-corrected chi connectivity index (χ2v) is 4.38. The van der Waals surface area contributed by atoms with Gasteiger partial charge in [0, 0.05) is 5.33 Å². The highest BCUT2D eigenvalue weighted by molar-refractivity contribution is 9.09. The molecule has 0 spiro atoms. The van der Waals surface area contributed by atoms with Crippen LogP contribution in [0.25, 0.3) is 0 Å². The molecule has 2 fully saturated rings. The zero-order chi connectivity index (χ0) is 7.68. The largest absolute Gasteiger partial charge is 0.378 e. The van der Waals surface area contributed by atoms with Gasteiger partial charge >= 0.3 is 0 Å². The number of rotatable bonds is 1. The maximum atomic E-state index is 5.73. The summed E-state index contributed by atoms with van der Waals surface area (Å²) in [4.78, 5) is 0. The molecule has 1 aliphatic carbocycles. The van der Waals surface area contributed by atoms with E-state index in [1.54, 1.807) is 0 Å². The maximum absolute atomic E-state index is 5.73. The smallest absolute Gasteiger partial charge is 0.0607 e. The molecule has 0 bridgehead atoms. The van der Waals surface area contributed by atoms with Gasteiger partial charge in [-0.25, -0.2) is 0 Å². The normalized spacial score (nSPS) is 43.9. The lowest BCUT2D eigenvalue weighted by Crippen LogP contribution is -2.24. The third kappa shape index (κ3) is 1.48. The van der Waals surface area contributed by atoms with Crippen molar-refractivity contribution in [1.29, 1.82) is 0 Å². The van der Waals surface area contributed by atoms with Crippen LogP contribution in [0.15, 0.2) is 0 Å². The average Bonchev–Trinajstić information content (AvgIpc) is 2.47. The first kappa shape index (κ1) is 8.06. The fourth-order valence-corrected chi connectivity index (χ4v) is 3.07. The summed E-state index contributed by atoms with van der Waals surface area (Å²) in [6.45, 7) is 1.00. The van der Waals surface area contributed by atoms with Crippen molar-refractivity contribution in [2.75, 3.05) is 11.9 Å². The van der Waals surface area contributed by atoms with E-state index < -0.39 is 0 Å². The third-order valence-corrected chi connectivity index (χ3v) is 3.91. The molecule has 2 aliphatic rings. The van der Waals surface area contributed by atoms with Gasteiger partial charge in [-0.2, -0.15) is 0 Å². The molecule has 2 rings (SSSR count). The van der Waals surface area contributed by atoms with Crippen LogP contribution in [0.2, 0.25) is 0 Å². The molecule has 3 atom stereocenters. The van der Waals surface area contributed by atoms with Crippen molar-refractivity contribution < 1.29 is 4.74 Å². The minimum Gasteiger partial charge on any atom is -0.378 e. The van der Waals surface area contributed by atoms with Gasteiger partial charge in [0.2, 0.25) is 0 Å². The molecule has 0 aromatic rings. The van der Waals surface area contributed by atoms with Gasteiger partial charge in [-0.05, 0) is 24.7 Å². The molecular formula is C9H15BrO. The topological polar surface area (TPSA) is 9.23 Å². The average molecular weight is 219 g/mol. The summed E-state index contributed by atoms with van der Waals surface area (Å²) in [6.07, 6.45) is 6.14. The predicted molar refractivity (Wildman–Crippen MR) is 49.0 cm³/mol. The Kier molecular flexibility index (Phi) is 2.52. The number of hydrogen-bond acceptors (Lipinski definition) is 1. The third-order valence-electron chi connectivity index (χ3n) is 3.08. The number of ether oxygens (including phenoxy) is 1. The summed E-state index contributed by atoms with van der Waals surface area (Å²) in [5, 5.41) is 1.13. The molecule has 0 N–H and O–H groups in total. The number of fused-ring (bicyclic) bond motifs is 1. The molecule has 1 saturated carbocycles. The maximum Gasteiger partial charge on any atom is 0.0607 e. The number of alkyl halides is 1. The molecule has 2 heteroatoms. The van der Waals surface area contributed by atoms with Crippen LogP contribution in [0, 0.1) is 11.8 Å². The van der Waals surface area contributed by atoms with Crippen molar-refractivity contribution in [3.8, 4) is 0 Å². The first-order valence-corrected chi connectivity index (χ1v) is 5.71. The Morgan fingerprint density at radius 1 is 1.27 bits per heavy atom. The highest BCUT2D eigenvalue weighted by atomic mass is 79.9. The Labute approximate surface area is 76.6 Å². The second kappa shape index (κ2) is 3.44. The number of halogens is 1. The second-order valence-electron chi connectivity index (χ2n) is 3.73. The molecular weight excluding hydrogens is 204 g/mol. The van der Waals surface area contributed by atoms with Crippen molar-refractivity contribution >= 4 is 15.9 Å². The molecule has 1 heterocycles. The van der Waals surface area contributed by atoms with Crippen LogP contribution in [-0.4, -0.2) is 18.0 Å². The van der Waals surface area contributed by atoms with E-state index in [1.165, 1.54) is 25.7 Å². The van der Waals surface area contributed by atoms with Crippen molar-refractivity contribution in [3.05, 3.63) is 0 Å². The lowest BCUT2D eigenvalue weighted by molar-refractivity contribution is 0.0663.